The first kappa shape index (κ1) is 30.7. The number of methoxy groups -OCH3 is 2. The van der Waals surface area contributed by atoms with Crippen LogP contribution in [-0.2, 0) is 4.74 Å². The lowest BCUT2D eigenvalue weighted by molar-refractivity contribution is 0.0322. The number of rotatable bonds is 11. The van der Waals surface area contributed by atoms with Crippen molar-refractivity contribution in [3.05, 3.63) is 90.1 Å². The summed E-state index contributed by atoms with van der Waals surface area (Å²) in [6, 6.07) is 22.2. The van der Waals surface area contributed by atoms with Crippen LogP contribution < -0.4 is 29.2 Å². The summed E-state index contributed by atoms with van der Waals surface area (Å²) >= 11 is 0. The molecule has 1 aliphatic rings. The Labute approximate surface area is 258 Å². The molecule has 0 bridgehead atoms. The number of anilines is 4. The highest BCUT2D eigenvalue weighted by Crippen LogP contribution is 2.38. The molecular weight excluding hydrogens is 560 g/mol. The number of nitrogens with one attached hydrogen (secondary N) is 1. The van der Waals surface area contributed by atoms with Crippen molar-refractivity contribution in [3.63, 3.8) is 0 Å². The number of carbonyl (C=O) groups excluding carboxylic acids is 1. The molecule has 1 aliphatic heterocycles. The highest BCUT2D eigenvalue weighted by atomic mass is 16.6. The van der Waals surface area contributed by atoms with E-state index in [9.17, 15) is 4.79 Å². The van der Waals surface area contributed by atoms with Crippen LogP contribution in [0.4, 0.5) is 27.7 Å². The molecule has 1 saturated heterocycles. The van der Waals surface area contributed by atoms with E-state index in [1.807, 2.05) is 56.3 Å². The molecule has 4 aromatic rings. The average Bonchev–Trinajstić information content (AvgIpc) is 3.04. The molecule has 2 heterocycles. The lowest BCUT2D eigenvalue weighted by atomic mass is 10.1. The zero-order chi connectivity index (χ0) is 30.9. The number of para-hydroxylation sites is 1. The predicted molar refractivity (Wildman–Crippen MR) is 170 cm³/mol. The Balaban J connectivity index is 1.39. The van der Waals surface area contributed by atoms with Crippen molar-refractivity contribution in [2.45, 2.75) is 13.8 Å². The maximum atomic E-state index is 13.9. The van der Waals surface area contributed by atoms with Crippen molar-refractivity contribution < 1.29 is 28.5 Å². The lowest BCUT2D eigenvalue weighted by Crippen LogP contribution is -2.38. The van der Waals surface area contributed by atoms with Gasteiger partial charge in [-0.2, -0.15) is 0 Å². The van der Waals surface area contributed by atoms with E-state index in [0.717, 1.165) is 55.4 Å². The van der Waals surface area contributed by atoms with Crippen LogP contribution in [0.25, 0.3) is 0 Å². The first-order chi connectivity index (χ1) is 21.4. The van der Waals surface area contributed by atoms with Gasteiger partial charge in [0, 0.05) is 49.7 Å². The SMILES string of the molecule is COc1ccc(N(C(=O)Oc2c(C)cccc2C)c2ccnc(Nc3cccc(OCCN4CCOCC4)c3)c2)c(OC)c1. The van der Waals surface area contributed by atoms with Crippen LogP contribution in [0, 0.1) is 13.8 Å². The van der Waals surface area contributed by atoms with E-state index in [4.69, 9.17) is 23.7 Å². The molecule has 0 atom stereocenters. The number of carbonyl (C=O) groups is 1. The molecular formula is C34H38N4O6. The van der Waals surface area contributed by atoms with Crippen molar-refractivity contribution in [1.29, 1.82) is 0 Å². The molecule has 3 aromatic carbocycles. The fraction of sp³-hybridized carbons (Fsp3) is 0.294. The summed E-state index contributed by atoms with van der Waals surface area (Å²) in [7, 11) is 3.12. The predicted octanol–water partition coefficient (Wildman–Crippen LogP) is 6.51. The van der Waals surface area contributed by atoms with Crippen LogP contribution >= 0.6 is 0 Å². The van der Waals surface area contributed by atoms with E-state index in [-0.39, 0.29) is 0 Å². The molecule has 1 N–H and O–H groups in total. The highest BCUT2D eigenvalue weighted by Gasteiger charge is 2.26. The molecule has 1 aromatic heterocycles. The summed E-state index contributed by atoms with van der Waals surface area (Å²) in [5.41, 5.74) is 3.51. The number of aromatic nitrogens is 1. The van der Waals surface area contributed by atoms with Gasteiger partial charge in [0.2, 0.25) is 0 Å². The molecule has 10 heteroatoms. The number of hydrogen-bond acceptors (Lipinski definition) is 9. The van der Waals surface area contributed by atoms with Gasteiger partial charge in [0.05, 0.1) is 38.8 Å². The van der Waals surface area contributed by atoms with Crippen LogP contribution in [0.5, 0.6) is 23.0 Å². The van der Waals surface area contributed by atoms with Crippen LogP contribution in [0.3, 0.4) is 0 Å². The monoisotopic (exact) mass is 598 g/mol. The van der Waals surface area contributed by atoms with E-state index >= 15 is 0 Å². The first-order valence-electron chi connectivity index (χ1n) is 14.5. The van der Waals surface area contributed by atoms with Crippen molar-refractivity contribution in [2.24, 2.45) is 0 Å². The van der Waals surface area contributed by atoms with Gasteiger partial charge in [0.1, 0.15) is 35.4 Å². The Morgan fingerprint density at radius 3 is 2.45 bits per heavy atom. The van der Waals surface area contributed by atoms with Gasteiger partial charge in [0.25, 0.3) is 0 Å². The molecule has 230 valence electrons. The molecule has 1 amide bonds. The van der Waals surface area contributed by atoms with Gasteiger partial charge in [-0.3, -0.25) is 4.90 Å². The average molecular weight is 599 g/mol. The Morgan fingerprint density at radius 2 is 1.70 bits per heavy atom. The summed E-state index contributed by atoms with van der Waals surface area (Å²) in [6.45, 7) is 8.60. The zero-order valence-corrected chi connectivity index (χ0v) is 25.5. The Hall–Kier alpha value is -4.80. The number of hydrogen-bond donors (Lipinski definition) is 1. The third-order valence-corrected chi connectivity index (χ3v) is 7.30. The maximum absolute atomic E-state index is 13.9. The third-order valence-electron chi connectivity index (χ3n) is 7.30. The quantitative estimate of drug-likeness (QED) is 0.207. The normalized spacial score (nSPS) is 13.2. The minimum absolute atomic E-state index is 0.441. The summed E-state index contributed by atoms with van der Waals surface area (Å²) in [5.74, 6) is 2.83. The molecule has 0 aliphatic carbocycles. The summed E-state index contributed by atoms with van der Waals surface area (Å²) in [4.78, 5) is 22.2. The van der Waals surface area contributed by atoms with E-state index in [0.29, 0.717) is 41.0 Å². The molecule has 5 rings (SSSR count). The van der Waals surface area contributed by atoms with Crippen molar-refractivity contribution >= 4 is 29.0 Å². The van der Waals surface area contributed by atoms with Gasteiger partial charge in [0.15, 0.2) is 0 Å². The van der Waals surface area contributed by atoms with Gasteiger partial charge in [-0.15, -0.1) is 0 Å². The van der Waals surface area contributed by atoms with Crippen LogP contribution in [0.1, 0.15) is 11.1 Å². The molecule has 0 spiro atoms. The summed E-state index contributed by atoms with van der Waals surface area (Å²) < 4.78 is 28.5. The number of nitrogens with zero attached hydrogens (tertiary/aromatic N) is 3. The van der Waals surface area contributed by atoms with Gasteiger partial charge >= 0.3 is 6.09 Å². The molecule has 0 radical (unpaired) electrons. The molecule has 10 nitrogen and oxygen atoms in total. The van der Waals surface area contributed by atoms with Crippen molar-refractivity contribution in [3.8, 4) is 23.0 Å². The first-order valence-corrected chi connectivity index (χ1v) is 14.5. The Morgan fingerprint density at radius 1 is 0.932 bits per heavy atom. The van der Waals surface area contributed by atoms with Crippen LogP contribution in [0.2, 0.25) is 0 Å². The highest BCUT2D eigenvalue weighted by molar-refractivity contribution is 5.99. The number of pyridine rings is 1. The van der Waals surface area contributed by atoms with E-state index < -0.39 is 6.09 Å². The molecule has 44 heavy (non-hydrogen) atoms. The number of aryl methyl sites for hydroxylation is 2. The van der Waals surface area contributed by atoms with Crippen molar-refractivity contribution in [1.82, 2.24) is 9.88 Å². The van der Waals surface area contributed by atoms with E-state index in [1.54, 1.807) is 50.7 Å². The van der Waals surface area contributed by atoms with E-state index in [2.05, 4.69) is 15.2 Å². The van der Waals surface area contributed by atoms with Crippen LogP contribution in [0.15, 0.2) is 79.0 Å². The summed E-state index contributed by atoms with van der Waals surface area (Å²) in [5, 5.41) is 3.34. The van der Waals surface area contributed by atoms with Crippen LogP contribution in [-0.4, -0.2) is 69.7 Å². The fourth-order valence-corrected chi connectivity index (χ4v) is 4.96. The molecule has 0 saturated carbocycles. The zero-order valence-electron chi connectivity index (χ0n) is 25.5. The molecule has 1 fully saturated rings. The van der Waals surface area contributed by atoms with Gasteiger partial charge in [-0.1, -0.05) is 24.3 Å². The Bertz CT molecular complexity index is 1550. The largest absolute Gasteiger partial charge is 0.497 e. The fourth-order valence-electron chi connectivity index (χ4n) is 4.96. The molecule has 0 unspecified atom stereocenters. The third kappa shape index (κ3) is 7.58. The second kappa shape index (κ2) is 14.6. The second-order valence-corrected chi connectivity index (χ2v) is 10.3. The van der Waals surface area contributed by atoms with Gasteiger partial charge in [-0.25, -0.2) is 14.7 Å². The number of amides is 1. The Kier molecular flexibility index (Phi) is 10.2. The second-order valence-electron chi connectivity index (χ2n) is 10.3. The van der Waals surface area contributed by atoms with Gasteiger partial charge in [-0.05, 0) is 55.3 Å². The number of benzene rings is 3. The van der Waals surface area contributed by atoms with Crippen molar-refractivity contribution in [2.75, 3.05) is 63.9 Å². The standard InChI is InChI=1S/C34H38N4O6/c1-24-7-5-8-25(2)33(24)44-34(39)38(30-12-11-28(40-3)23-31(30)41-4)27-13-14-35-32(22-27)36-26-9-6-10-29(21-26)43-20-17-37-15-18-42-19-16-37/h5-14,21-23H,15-20H2,1-4H3,(H,35,36). The topological polar surface area (TPSA) is 94.6 Å². The number of ether oxygens (including phenoxy) is 5. The van der Waals surface area contributed by atoms with Gasteiger partial charge < -0.3 is 29.0 Å². The minimum Gasteiger partial charge on any atom is -0.497 e. The van der Waals surface area contributed by atoms with E-state index in [1.165, 1.54) is 4.90 Å². The smallest absolute Gasteiger partial charge is 0.424 e. The summed E-state index contributed by atoms with van der Waals surface area (Å²) in [6.07, 6.45) is 1.04. The lowest BCUT2D eigenvalue weighted by Gasteiger charge is -2.26. The number of morpholine rings is 1. The minimum atomic E-state index is -0.598. The maximum Gasteiger partial charge on any atom is 0.424 e.